The van der Waals surface area contributed by atoms with Crippen LogP contribution in [0.2, 0.25) is 0 Å². The zero-order chi connectivity index (χ0) is 18.4. The molecule has 2 aliphatic rings. The lowest BCUT2D eigenvalue weighted by atomic mass is 10.1. The zero-order valence-electron chi connectivity index (χ0n) is 14.9. The average molecular weight is 362 g/mol. The third kappa shape index (κ3) is 4.95. The normalized spacial score (nSPS) is 21.2. The maximum atomic E-state index is 12.0. The minimum absolute atomic E-state index is 0.0804. The van der Waals surface area contributed by atoms with E-state index in [-0.39, 0.29) is 12.3 Å². The first-order valence-electron chi connectivity index (χ1n) is 9.15. The fourth-order valence-corrected chi connectivity index (χ4v) is 3.37. The summed E-state index contributed by atoms with van der Waals surface area (Å²) in [6.07, 6.45) is 0.763. The van der Waals surface area contributed by atoms with Gasteiger partial charge in [0.05, 0.1) is 19.1 Å². The van der Waals surface area contributed by atoms with Crippen LogP contribution in [0.25, 0.3) is 0 Å². The van der Waals surface area contributed by atoms with Gasteiger partial charge in [-0.3, -0.25) is 14.5 Å². The fourth-order valence-electron chi connectivity index (χ4n) is 3.37. The van der Waals surface area contributed by atoms with Crippen molar-refractivity contribution in [2.75, 3.05) is 52.5 Å². The molecule has 1 aromatic rings. The lowest BCUT2D eigenvalue weighted by Crippen LogP contribution is -2.38. The van der Waals surface area contributed by atoms with Crippen molar-refractivity contribution in [3.8, 4) is 5.75 Å². The summed E-state index contributed by atoms with van der Waals surface area (Å²) in [4.78, 5) is 27.0. The quantitative estimate of drug-likeness (QED) is 0.739. The van der Waals surface area contributed by atoms with Gasteiger partial charge in [-0.25, -0.2) is 0 Å². The predicted octanol–water partition coefficient (Wildman–Crippen LogP) is 0.873. The van der Waals surface area contributed by atoms with Gasteiger partial charge in [0.1, 0.15) is 12.4 Å². The van der Waals surface area contributed by atoms with Crippen LogP contribution in [-0.2, 0) is 20.7 Å². The number of para-hydroxylation sites is 1. The molecule has 1 amide bonds. The van der Waals surface area contributed by atoms with Crippen LogP contribution in [0.1, 0.15) is 12.0 Å². The van der Waals surface area contributed by atoms with Crippen molar-refractivity contribution in [3.05, 3.63) is 29.8 Å². The number of hydrogen-bond acceptors (Lipinski definition) is 5. The number of nitrogens with zero attached hydrogens (tertiary/aromatic N) is 2. The van der Waals surface area contributed by atoms with Crippen LogP contribution in [0, 0.1) is 5.92 Å². The summed E-state index contributed by atoms with van der Waals surface area (Å²) >= 11 is 0. The number of amides is 1. The van der Waals surface area contributed by atoms with Crippen LogP contribution in [0.4, 0.5) is 0 Å². The lowest BCUT2D eigenvalue weighted by Gasteiger charge is -2.26. The molecule has 1 aromatic carbocycles. The van der Waals surface area contributed by atoms with Crippen LogP contribution in [0.15, 0.2) is 24.3 Å². The first kappa shape index (κ1) is 18.7. The summed E-state index contributed by atoms with van der Waals surface area (Å²) in [5.41, 5.74) is 1.04. The number of carbonyl (C=O) groups excluding carboxylic acids is 1. The molecule has 7 nitrogen and oxygen atoms in total. The van der Waals surface area contributed by atoms with E-state index in [0.717, 1.165) is 44.2 Å². The zero-order valence-corrected chi connectivity index (χ0v) is 14.9. The largest absolute Gasteiger partial charge is 0.492 e. The number of aliphatic carboxylic acids is 1. The molecule has 2 saturated heterocycles. The standard InChI is InChI=1S/C19H26N2O5/c22-18-13-16(19(23)24)14-21(18)6-5-15-3-1-2-4-17(15)26-12-9-20-7-10-25-11-8-20/h1-4,16H,5-14H2,(H,23,24). The van der Waals surface area contributed by atoms with Gasteiger partial charge in [-0.2, -0.15) is 0 Å². The second kappa shape index (κ2) is 9.00. The van der Waals surface area contributed by atoms with E-state index in [4.69, 9.17) is 14.6 Å². The van der Waals surface area contributed by atoms with Crippen LogP contribution in [0.5, 0.6) is 5.75 Å². The molecule has 142 valence electrons. The molecule has 2 heterocycles. The molecule has 0 aromatic heterocycles. The Balaban J connectivity index is 1.49. The van der Waals surface area contributed by atoms with Crippen LogP contribution >= 0.6 is 0 Å². The molecule has 0 radical (unpaired) electrons. The molecule has 2 fully saturated rings. The molecule has 7 heteroatoms. The molecule has 2 aliphatic heterocycles. The molecule has 3 rings (SSSR count). The summed E-state index contributed by atoms with van der Waals surface area (Å²) in [5, 5.41) is 9.07. The Kier molecular flexibility index (Phi) is 6.46. The van der Waals surface area contributed by atoms with Crippen LogP contribution in [0.3, 0.4) is 0 Å². The van der Waals surface area contributed by atoms with E-state index in [1.54, 1.807) is 4.90 Å². The molecular weight excluding hydrogens is 336 g/mol. The van der Waals surface area contributed by atoms with Crippen molar-refractivity contribution in [3.63, 3.8) is 0 Å². The highest BCUT2D eigenvalue weighted by molar-refractivity contribution is 5.86. The minimum atomic E-state index is -0.896. The van der Waals surface area contributed by atoms with Crippen molar-refractivity contribution in [2.45, 2.75) is 12.8 Å². The molecule has 0 spiro atoms. The second-order valence-electron chi connectivity index (χ2n) is 6.74. The Hall–Kier alpha value is -2.12. The maximum absolute atomic E-state index is 12.0. The molecule has 1 atom stereocenters. The van der Waals surface area contributed by atoms with Gasteiger partial charge in [-0.15, -0.1) is 0 Å². The molecule has 1 N–H and O–H groups in total. The van der Waals surface area contributed by atoms with E-state index < -0.39 is 11.9 Å². The third-order valence-corrected chi connectivity index (χ3v) is 4.96. The van der Waals surface area contributed by atoms with Crippen molar-refractivity contribution in [1.29, 1.82) is 0 Å². The van der Waals surface area contributed by atoms with E-state index in [1.807, 2.05) is 24.3 Å². The van der Waals surface area contributed by atoms with Gasteiger partial charge in [-0.05, 0) is 18.1 Å². The second-order valence-corrected chi connectivity index (χ2v) is 6.74. The maximum Gasteiger partial charge on any atom is 0.308 e. The third-order valence-electron chi connectivity index (χ3n) is 4.96. The number of morpholine rings is 1. The van der Waals surface area contributed by atoms with Crippen molar-refractivity contribution in [2.24, 2.45) is 5.92 Å². The molecule has 26 heavy (non-hydrogen) atoms. The molecule has 1 unspecified atom stereocenters. The number of rotatable bonds is 8. The summed E-state index contributed by atoms with van der Waals surface area (Å²) in [7, 11) is 0. The predicted molar refractivity (Wildman–Crippen MR) is 95.2 cm³/mol. The highest BCUT2D eigenvalue weighted by Gasteiger charge is 2.33. The van der Waals surface area contributed by atoms with Crippen molar-refractivity contribution in [1.82, 2.24) is 9.80 Å². The number of ether oxygens (including phenoxy) is 2. The smallest absolute Gasteiger partial charge is 0.308 e. The number of hydrogen-bond donors (Lipinski definition) is 1. The van der Waals surface area contributed by atoms with Crippen molar-refractivity contribution >= 4 is 11.9 Å². The van der Waals surface area contributed by atoms with Gasteiger partial charge in [-0.1, -0.05) is 18.2 Å². The van der Waals surface area contributed by atoms with E-state index >= 15 is 0 Å². The molecule has 0 bridgehead atoms. The summed E-state index contributed by atoms with van der Waals surface area (Å²) in [6, 6.07) is 7.84. The SMILES string of the molecule is O=C(O)C1CC(=O)N(CCc2ccccc2OCCN2CCOCC2)C1. The Morgan fingerprint density at radius 1 is 1.23 bits per heavy atom. The Morgan fingerprint density at radius 2 is 2.00 bits per heavy atom. The first-order valence-corrected chi connectivity index (χ1v) is 9.15. The Bertz CT molecular complexity index is 630. The summed E-state index contributed by atoms with van der Waals surface area (Å²) in [5.74, 6) is -0.722. The number of likely N-dealkylation sites (tertiary alicyclic amines) is 1. The summed E-state index contributed by atoms with van der Waals surface area (Å²) < 4.78 is 11.3. The van der Waals surface area contributed by atoms with E-state index in [0.29, 0.717) is 26.1 Å². The molecule has 0 aliphatic carbocycles. The van der Waals surface area contributed by atoms with Crippen LogP contribution < -0.4 is 4.74 Å². The number of carbonyl (C=O) groups is 2. The lowest BCUT2D eigenvalue weighted by molar-refractivity contribution is -0.141. The topological polar surface area (TPSA) is 79.3 Å². The van der Waals surface area contributed by atoms with Gasteiger partial charge in [0.2, 0.25) is 5.91 Å². The van der Waals surface area contributed by atoms with E-state index in [1.165, 1.54) is 0 Å². The van der Waals surface area contributed by atoms with Gasteiger partial charge < -0.3 is 19.5 Å². The van der Waals surface area contributed by atoms with Gasteiger partial charge in [0, 0.05) is 39.1 Å². The van der Waals surface area contributed by atoms with Gasteiger partial charge >= 0.3 is 5.97 Å². The number of benzene rings is 1. The average Bonchev–Trinajstić information content (AvgIpc) is 3.03. The summed E-state index contributed by atoms with van der Waals surface area (Å²) in [6.45, 7) is 5.72. The van der Waals surface area contributed by atoms with E-state index in [2.05, 4.69) is 4.90 Å². The number of carboxylic acid groups (broad SMARTS) is 1. The highest BCUT2D eigenvalue weighted by atomic mass is 16.5. The highest BCUT2D eigenvalue weighted by Crippen LogP contribution is 2.22. The fraction of sp³-hybridized carbons (Fsp3) is 0.579. The molecular formula is C19H26N2O5. The first-order chi connectivity index (χ1) is 12.6. The van der Waals surface area contributed by atoms with E-state index in [9.17, 15) is 9.59 Å². The molecule has 0 saturated carbocycles. The Labute approximate surface area is 153 Å². The minimum Gasteiger partial charge on any atom is -0.492 e. The van der Waals surface area contributed by atoms with Gasteiger partial charge in [0.25, 0.3) is 0 Å². The Morgan fingerprint density at radius 3 is 2.73 bits per heavy atom. The van der Waals surface area contributed by atoms with Crippen molar-refractivity contribution < 1.29 is 24.2 Å². The number of carboxylic acids is 1. The van der Waals surface area contributed by atoms with Crippen LogP contribution in [-0.4, -0.2) is 79.3 Å². The monoisotopic (exact) mass is 362 g/mol. The van der Waals surface area contributed by atoms with Gasteiger partial charge in [0.15, 0.2) is 0 Å².